The average molecular weight is 329 g/mol. The lowest BCUT2D eigenvalue weighted by atomic mass is 9.81. The molecule has 0 spiro atoms. The van der Waals surface area contributed by atoms with Gasteiger partial charge in [-0.05, 0) is 35.7 Å². The van der Waals surface area contributed by atoms with Gasteiger partial charge in [0.1, 0.15) is 0 Å². The van der Waals surface area contributed by atoms with E-state index in [0.29, 0.717) is 23.6 Å². The Morgan fingerprint density at radius 2 is 1.87 bits per heavy atom. The van der Waals surface area contributed by atoms with Crippen LogP contribution in [0.25, 0.3) is 0 Å². The van der Waals surface area contributed by atoms with Gasteiger partial charge in [0.15, 0.2) is 0 Å². The first-order chi connectivity index (χ1) is 11.0. The summed E-state index contributed by atoms with van der Waals surface area (Å²) >= 11 is 5.99. The van der Waals surface area contributed by atoms with Gasteiger partial charge in [-0.2, -0.15) is 0 Å². The molecule has 4 nitrogen and oxygen atoms in total. The number of carbonyl (C=O) groups excluding carboxylic acids is 2. The summed E-state index contributed by atoms with van der Waals surface area (Å²) in [4.78, 5) is 23.6. The predicted molar refractivity (Wildman–Crippen MR) is 89.4 cm³/mol. The Balaban J connectivity index is 2.06. The SMILES string of the molecule is CC(=O)NCCC1(c2ccc(Cl)cc2)NC(=O)c2ccccc21. The molecule has 1 unspecified atom stereocenters. The molecular formula is C18H17ClN2O2. The first-order valence-corrected chi connectivity index (χ1v) is 7.83. The summed E-state index contributed by atoms with van der Waals surface area (Å²) in [5.41, 5.74) is 1.90. The molecule has 1 aliphatic heterocycles. The molecular weight excluding hydrogens is 312 g/mol. The van der Waals surface area contributed by atoms with E-state index in [9.17, 15) is 9.59 Å². The summed E-state index contributed by atoms with van der Waals surface area (Å²) in [5, 5.41) is 6.56. The van der Waals surface area contributed by atoms with Gasteiger partial charge in [-0.3, -0.25) is 9.59 Å². The van der Waals surface area contributed by atoms with Crippen LogP contribution in [0, 0.1) is 0 Å². The predicted octanol–water partition coefficient (Wildman–Crippen LogP) is 2.85. The van der Waals surface area contributed by atoms with Crippen LogP contribution in [0.2, 0.25) is 5.02 Å². The van der Waals surface area contributed by atoms with E-state index < -0.39 is 5.54 Å². The number of hydrogen-bond acceptors (Lipinski definition) is 2. The van der Waals surface area contributed by atoms with Gasteiger partial charge in [0.25, 0.3) is 5.91 Å². The topological polar surface area (TPSA) is 58.2 Å². The molecule has 2 N–H and O–H groups in total. The molecule has 0 aliphatic carbocycles. The molecule has 2 aromatic carbocycles. The Labute approximate surface area is 139 Å². The van der Waals surface area contributed by atoms with E-state index in [1.54, 1.807) is 0 Å². The minimum atomic E-state index is -0.652. The second-order valence-corrected chi connectivity index (χ2v) is 6.08. The number of halogens is 1. The maximum absolute atomic E-state index is 12.4. The standard InChI is InChI=1S/C18H17ClN2O2/c1-12(22)20-11-10-18(13-6-8-14(19)9-7-13)16-5-3-2-4-15(16)17(23)21-18/h2-9H,10-11H2,1H3,(H,20,22)(H,21,23). The third kappa shape index (κ3) is 2.82. The first kappa shape index (κ1) is 15.6. The lowest BCUT2D eigenvalue weighted by molar-refractivity contribution is -0.119. The zero-order chi connectivity index (χ0) is 16.4. The molecule has 23 heavy (non-hydrogen) atoms. The number of carbonyl (C=O) groups is 2. The van der Waals surface area contributed by atoms with Gasteiger partial charge in [0.05, 0.1) is 5.54 Å². The maximum Gasteiger partial charge on any atom is 0.252 e. The van der Waals surface area contributed by atoms with Crippen LogP contribution in [-0.2, 0) is 10.3 Å². The van der Waals surface area contributed by atoms with E-state index >= 15 is 0 Å². The third-order valence-electron chi connectivity index (χ3n) is 4.17. The molecule has 2 aromatic rings. The van der Waals surface area contributed by atoms with Crippen molar-refractivity contribution in [3.05, 3.63) is 70.2 Å². The fourth-order valence-electron chi connectivity index (χ4n) is 3.11. The molecule has 0 radical (unpaired) electrons. The van der Waals surface area contributed by atoms with Crippen LogP contribution < -0.4 is 10.6 Å². The van der Waals surface area contributed by atoms with Crippen molar-refractivity contribution in [3.8, 4) is 0 Å². The van der Waals surface area contributed by atoms with Gasteiger partial charge in [-0.25, -0.2) is 0 Å². The van der Waals surface area contributed by atoms with Crippen LogP contribution in [0.4, 0.5) is 0 Å². The van der Waals surface area contributed by atoms with E-state index in [0.717, 1.165) is 11.1 Å². The number of amides is 2. The Kier molecular flexibility index (Phi) is 4.09. The van der Waals surface area contributed by atoms with Gasteiger partial charge in [-0.15, -0.1) is 0 Å². The molecule has 1 heterocycles. The molecule has 2 amide bonds. The second-order valence-electron chi connectivity index (χ2n) is 5.64. The molecule has 1 atom stereocenters. The minimum Gasteiger partial charge on any atom is -0.356 e. The molecule has 3 rings (SSSR count). The molecule has 0 saturated carbocycles. The Morgan fingerprint density at radius 3 is 2.57 bits per heavy atom. The van der Waals surface area contributed by atoms with E-state index in [-0.39, 0.29) is 11.8 Å². The van der Waals surface area contributed by atoms with Crippen molar-refractivity contribution < 1.29 is 9.59 Å². The van der Waals surface area contributed by atoms with Crippen LogP contribution in [-0.4, -0.2) is 18.4 Å². The molecule has 118 valence electrons. The largest absolute Gasteiger partial charge is 0.356 e. The minimum absolute atomic E-state index is 0.0890. The summed E-state index contributed by atoms with van der Waals surface area (Å²) in [6, 6.07) is 15.0. The molecule has 1 aliphatic rings. The highest BCUT2D eigenvalue weighted by Gasteiger charge is 2.43. The summed E-state index contributed by atoms with van der Waals surface area (Å²) < 4.78 is 0. The fourth-order valence-corrected chi connectivity index (χ4v) is 3.24. The van der Waals surface area contributed by atoms with Crippen molar-refractivity contribution in [1.29, 1.82) is 0 Å². The van der Waals surface area contributed by atoms with Crippen molar-refractivity contribution in [3.63, 3.8) is 0 Å². The fraction of sp³-hybridized carbons (Fsp3) is 0.222. The first-order valence-electron chi connectivity index (χ1n) is 7.45. The monoisotopic (exact) mass is 328 g/mol. The summed E-state index contributed by atoms with van der Waals surface area (Å²) in [5.74, 6) is -0.188. The highest BCUT2D eigenvalue weighted by molar-refractivity contribution is 6.30. The molecule has 0 saturated heterocycles. The Hall–Kier alpha value is -2.33. The average Bonchev–Trinajstić information content (AvgIpc) is 2.82. The van der Waals surface area contributed by atoms with Crippen LogP contribution in [0.5, 0.6) is 0 Å². The van der Waals surface area contributed by atoms with E-state index in [1.807, 2.05) is 48.5 Å². The van der Waals surface area contributed by atoms with Crippen LogP contribution in [0.3, 0.4) is 0 Å². The van der Waals surface area contributed by atoms with E-state index in [2.05, 4.69) is 10.6 Å². The smallest absolute Gasteiger partial charge is 0.252 e. The van der Waals surface area contributed by atoms with Crippen molar-refractivity contribution in [2.24, 2.45) is 0 Å². The van der Waals surface area contributed by atoms with Crippen LogP contribution in [0.15, 0.2) is 48.5 Å². The second kappa shape index (κ2) is 6.05. The van der Waals surface area contributed by atoms with Gasteiger partial charge in [-0.1, -0.05) is 41.9 Å². The van der Waals surface area contributed by atoms with Crippen LogP contribution in [0.1, 0.15) is 34.8 Å². The molecule has 5 heteroatoms. The van der Waals surface area contributed by atoms with Crippen molar-refractivity contribution >= 4 is 23.4 Å². The van der Waals surface area contributed by atoms with Gasteiger partial charge >= 0.3 is 0 Å². The quantitative estimate of drug-likeness (QED) is 0.906. The number of nitrogens with one attached hydrogen (secondary N) is 2. The van der Waals surface area contributed by atoms with Gasteiger partial charge in [0, 0.05) is 24.1 Å². The molecule has 0 aromatic heterocycles. The maximum atomic E-state index is 12.4. The van der Waals surface area contributed by atoms with E-state index in [1.165, 1.54) is 6.92 Å². The number of hydrogen-bond donors (Lipinski definition) is 2. The van der Waals surface area contributed by atoms with Gasteiger partial charge < -0.3 is 10.6 Å². The van der Waals surface area contributed by atoms with Crippen molar-refractivity contribution in [1.82, 2.24) is 10.6 Å². The van der Waals surface area contributed by atoms with Crippen LogP contribution >= 0.6 is 11.6 Å². The van der Waals surface area contributed by atoms with Gasteiger partial charge in [0.2, 0.25) is 5.91 Å². The highest BCUT2D eigenvalue weighted by Crippen LogP contribution is 2.39. The highest BCUT2D eigenvalue weighted by atomic mass is 35.5. The summed E-state index contributed by atoms with van der Waals surface area (Å²) in [6.45, 7) is 1.95. The molecule has 0 bridgehead atoms. The lowest BCUT2D eigenvalue weighted by Crippen LogP contribution is -2.43. The van der Waals surface area contributed by atoms with Crippen molar-refractivity contribution in [2.75, 3.05) is 6.54 Å². The summed E-state index contributed by atoms with van der Waals surface area (Å²) in [7, 11) is 0. The third-order valence-corrected chi connectivity index (χ3v) is 4.42. The zero-order valence-electron chi connectivity index (χ0n) is 12.7. The summed E-state index contributed by atoms with van der Waals surface area (Å²) in [6.07, 6.45) is 0.566. The zero-order valence-corrected chi connectivity index (χ0v) is 13.5. The number of benzene rings is 2. The normalized spacial score (nSPS) is 19.1. The number of rotatable bonds is 4. The number of fused-ring (bicyclic) bond motifs is 1. The molecule has 0 fully saturated rings. The Bertz CT molecular complexity index is 758. The van der Waals surface area contributed by atoms with Crippen molar-refractivity contribution in [2.45, 2.75) is 18.9 Å². The van der Waals surface area contributed by atoms with E-state index in [4.69, 9.17) is 11.6 Å². The Morgan fingerprint density at radius 1 is 1.17 bits per heavy atom. The lowest BCUT2D eigenvalue weighted by Gasteiger charge is -2.31.